The molecule has 2 aromatic heterocycles. The number of halogens is 5. The van der Waals surface area contributed by atoms with Gasteiger partial charge in [-0.25, -0.2) is 18.7 Å². The summed E-state index contributed by atoms with van der Waals surface area (Å²) in [6, 6.07) is 0.125. The van der Waals surface area contributed by atoms with Gasteiger partial charge < -0.3 is 20.6 Å². The summed E-state index contributed by atoms with van der Waals surface area (Å²) in [6.07, 6.45) is -3.24. The molecular weight excluding hydrogens is 545 g/mol. The van der Waals surface area contributed by atoms with Gasteiger partial charge in [0, 0.05) is 29.4 Å². The summed E-state index contributed by atoms with van der Waals surface area (Å²) in [5, 5.41) is 14.3. The van der Waals surface area contributed by atoms with Gasteiger partial charge in [0.15, 0.2) is 5.01 Å². The minimum atomic E-state index is -4.58. The fourth-order valence-electron chi connectivity index (χ4n) is 4.93. The van der Waals surface area contributed by atoms with Gasteiger partial charge in [-0.3, -0.25) is 9.59 Å². The lowest BCUT2D eigenvalue weighted by atomic mass is 9.89. The molecule has 0 bridgehead atoms. The number of carbonyl (C=O) groups excluding carboxylic acids is 2. The Balaban J connectivity index is 1.76. The molecule has 4 unspecified atom stereocenters. The largest absolute Gasteiger partial charge is 0.405 e. The summed E-state index contributed by atoms with van der Waals surface area (Å²) in [5.41, 5.74) is -1.02. The number of amides is 2. The number of aliphatic hydroxyl groups excluding tert-OH is 1. The van der Waals surface area contributed by atoms with Gasteiger partial charge in [0.25, 0.3) is 18.2 Å². The second kappa shape index (κ2) is 11.7. The van der Waals surface area contributed by atoms with Gasteiger partial charge in [-0.1, -0.05) is 13.3 Å². The van der Waals surface area contributed by atoms with E-state index in [4.69, 9.17) is 0 Å². The number of aliphatic hydroxyl groups is 1. The van der Waals surface area contributed by atoms with E-state index in [1.54, 1.807) is 4.90 Å². The minimum absolute atomic E-state index is 0.0150. The molecule has 0 aromatic carbocycles. The predicted molar refractivity (Wildman–Crippen MR) is 135 cm³/mol. The Labute approximate surface area is 226 Å². The highest BCUT2D eigenvalue weighted by Crippen LogP contribution is 2.40. The maximum absolute atomic E-state index is 14.2. The van der Waals surface area contributed by atoms with Crippen LogP contribution < -0.4 is 10.6 Å². The molecule has 1 aliphatic carbocycles. The minimum Gasteiger partial charge on any atom is -0.391 e. The number of rotatable bonds is 9. The van der Waals surface area contributed by atoms with Crippen molar-refractivity contribution in [2.45, 2.75) is 89.2 Å². The third kappa shape index (κ3) is 6.48. The molecule has 3 heterocycles. The van der Waals surface area contributed by atoms with Gasteiger partial charge in [-0.05, 0) is 45.1 Å². The van der Waals surface area contributed by atoms with Gasteiger partial charge >= 0.3 is 6.18 Å². The first-order valence-corrected chi connectivity index (χ1v) is 13.6. The van der Waals surface area contributed by atoms with Crippen molar-refractivity contribution in [1.29, 1.82) is 0 Å². The number of alkyl halides is 5. The van der Waals surface area contributed by atoms with Crippen molar-refractivity contribution in [3.05, 3.63) is 28.5 Å². The van der Waals surface area contributed by atoms with Crippen LogP contribution >= 0.6 is 11.3 Å². The van der Waals surface area contributed by atoms with E-state index in [9.17, 15) is 36.6 Å². The molecule has 4 rings (SSSR count). The zero-order valence-corrected chi connectivity index (χ0v) is 22.2. The van der Waals surface area contributed by atoms with Crippen LogP contribution in [0.1, 0.15) is 84.7 Å². The first-order valence-electron chi connectivity index (χ1n) is 12.8. The highest BCUT2D eigenvalue weighted by molar-refractivity contribution is 7.17. The summed E-state index contributed by atoms with van der Waals surface area (Å²) in [6.45, 7) is 2.42. The molecule has 0 radical (unpaired) electrons. The number of carbonyl (C=O) groups is 2. The Morgan fingerprint density at radius 3 is 2.56 bits per heavy atom. The lowest BCUT2D eigenvalue weighted by molar-refractivity contribution is -0.115. The summed E-state index contributed by atoms with van der Waals surface area (Å²) < 4.78 is 66.2. The van der Waals surface area contributed by atoms with Crippen LogP contribution in [0.15, 0.2) is 12.3 Å². The maximum atomic E-state index is 14.2. The second-order valence-corrected chi connectivity index (χ2v) is 10.9. The van der Waals surface area contributed by atoms with Crippen LogP contribution in [0.4, 0.5) is 27.8 Å². The molecule has 39 heavy (non-hydrogen) atoms. The average Bonchev–Trinajstić information content (AvgIpc) is 3.48. The number of nitrogens with zero attached hydrogens (tertiary/aromatic N) is 3. The van der Waals surface area contributed by atoms with Crippen LogP contribution in [0.25, 0.3) is 10.4 Å². The van der Waals surface area contributed by atoms with Crippen LogP contribution in [0.2, 0.25) is 0 Å². The molecule has 4 atom stereocenters. The zero-order valence-electron chi connectivity index (χ0n) is 21.4. The van der Waals surface area contributed by atoms with Crippen molar-refractivity contribution < 1.29 is 36.6 Å². The molecule has 2 aromatic rings. The topological polar surface area (TPSA) is 107 Å². The van der Waals surface area contributed by atoms with Crippen molar-refractivity contribution in [1.82, 2.24) is 20.2 Å². The fraction of sp³-hybridized carbons (Fsp3) is 0.600. The van der Waals surface area contributed by atoms with Gasteiger partial charge in [0.2, 0.25) is 0 Å². The number of hydrogen-bond acceptors (Lipinski definition) is 7. The highest BCUT2D eigenvalue weighted by atomic mass is 32.1. The van der Waals surface area contributed by atoms with E-state index in [0.29, 0.717) is 12.8 Å². The molecule has 2 amide bonds. The van der Waals surface area contributed by atoms with E-state index in [2.05, 4.69) is 15.3 Å². The second-order valence-electron chi connectivity index (χ2n) is 9.93. The number of aromatic nitrogens is 2. The third-order valence-electron chi connectivity index (χ3n) is 7.11. The average molecular weight is 576 g/mol. The normalized spacial score (nSPS) is 23.2. The first kappa shape index (κ1) is 29.1. The van der Waals surface area contributed by atoms with Crippen LogP contribution in [-0.4, -0.2) is 68.7 Å². The first-order chi connectivity index (χ1) is 18.4. The van der Waals surface area contributed by atoms with Crippen molar-refractivity contribution in [3.63, 3.8) is 0 Å². The summed E-state index contributed by atoms with van der Waals surface area (Å²) in [5.74, 6) is -1.57. The molecule has 1 aliphatic heterocycles. The van der Waals surface area contributed by atoms with Gasteiger partial charge in [0.1, 0.15) is 18.1 Å². The lowest BCUT2D eigenvalue weighted by Gasteiger charge is -2.32. The van der Waals surface area contributed by atoms with E-state index in [1.807, 2.05) is 19.2 Å². The molecule has 8 nitrogen and oxygen atoms in total. The maximum Gasteiger partial charge on any atom is 0.405 e. The van der Waals surface area contributed by atoms with E-state index < -0.39 is 54.5 Å². The van der Waals surface area contributed by atoms with Crippen LogP contribution in [-0.2, 0) is 0 Å². The van der Waals surface area contributed by atoms with Crippen molar-refractivity contribution in [2.24, 2.45) is 0 Å². The van der Waals surface area contributed by atoms with Gasteiger partial charge in [0.05, 0.1) is 17.0 Å². The summed E-state index contributed by atoms with van der Waals surface area (Å²) in [4.78, 5) is 36.6. The van der Waals surface area contributed by atoms with Crippen molar-refractivity contribution in [3.8, 4) is 10.4 Å². The Bertz CT molecular complexity index is 1210. The molecule has 2 aliphatic rings. The predicted octanol–water partition coefficient (Wildman–Crippen LogP) is 5.16. The van der Waals surface area contributed by atoms with Gasteiger partial charge in [-0.15, -0.1) is 11.3 Å². The number of anilines is 1. The zero-order chi connectivity index (χ0) is 28.5. The molecule has 14 heteroatoms. The Morgan fingerprint density at radius 1 is 1.23 bits per heavy atom. The number of likely N-dealkylation sites (tertiary alicyclic amines) is 1. The van der Waals surface area contributed by atoms with Crippen LogP contribution in [0.5, 0.6) is 0 Å². The molecule has 2 fully saturated rings. The monoisotopic (exact) mass is 575 g/mol. The van der Waals surface area contributed by atoms with Gasteiger partial charge in [-0.2, -0.15) is 13.2 Å². The SMILES string of the molecule is CCCC1CCC(C)N1C(=O)c1nc(C(=O)NC2CCC2O)sc1-c1cnc(NCC(F)(F)F)cc1C(F)F. The number of nitrogens with one attached hydrogen (secondary N) is 2. The molecule has 214 valence electrons. The fourth-order valence-corrected chi connectivity index (χ4v) is 5.92. The Morgan fingerprint density at radius 2 is 1.97 bits per heavy atom. The third-order valence-corrected chi connectivity index (χ3v) is 8.19. The van der Waals surface area contributed by atoms with E-state index >= 15 is 0 Å². The number of pyridine rings is 1. The molecular formula is C25H30F5N5O3S. The Kier molecular flexibility index (Phi) is 8.74. The van der Waals surface area contributed by atoms with Crippen molar-refractivity contribution in [2.75, 3.05) is 11.9 Å². The van der Waals surface area contributed by atoms with E-state index in [0.717, 1.165) is 49.3 Å². The molecule has 1 saturated carbocycles. The standard InChI is InChI=1S/C25H30F5N5O3S/c1-3-4-13-6-5-12(2)35(13)24(38)19-20(39-23(34-19)22(37)33-16-7-8-17(16)36)15-10-31-18(9-14(15)21(26)27)32-11-25(28,29)30/h9-10,12-13,16-17,21,36H,3-8,11H2,1-2H3,(H,31,32)(H,33,37). The Hall–Kier alpha value is -2.87. The molecule has 3 N–H and O–H groups in total. The number of hydrogen-bond donors (Lipinski definition) is 3. The van der Waals surface area contributed by atoms with Crippen LogP contribution in [0, 0.1) is 0 Å². The van der Waals surface area contributed by atoms with Crippen LogP contribution in [0.3, 0.4) is 0 Å². The van der Waals surface area contributed by atoms with Crippen molar-refractivity contribution >= 4 is 29.0 Å². The van der Waals surface area contributed by atoms with E-state index in [1.165, 1.54) is 0 Å². The number of thiazole rings is 1. The van der Waals surface area contributed by atoms with E-state index in [-0.39, 0.29) is 33.2 Å². The quantitative estimate of drug-likeness (QED) is 0.357. The molecule has 0 spiro atoms. The smallest absolute Gasteiger partial charge is 0.391 e. The molecule has 1 saturated heterocycles. The lowest BCUT2D eigenvalue weighted by Crippen LogP contribution is -2.50. The summed E-state index contributed by atoms with van der Waals surface area (Å²) in [7, 11) is 0. The summed E-state index contributed by atoms with van der Waals surface area (Å²) >= 11 is 0.730. The highest BCUT2D eigenvalue weighted by Gasteiger charge is 2.38.